The Hall–Kier alpha value is -0.653. The van der Waals surface area contributed by atoms with Gasteiger partial charge in [0.25, 0.3) is 0 Å². The molecule has 0 bridgehead atoms. The van der Waals surface area contributed by atoms with Gasteiger partial charge in [-0.15, -0.1) is 0 Å². The summed E-state index contributed by atoms with van der Waals surface area (Å²) in [7, 11) is 0. The summed E-state index contributed by atoms with van der Waals surface area (Å²) in [5, 5.41) is 14.4. The monoisotopic (exact) mass is 163 g/mol. The third kappa shape index (κ3) is 17.6. The average molecular weight is 163 g/mol. The maximum Gasteiger partial charge on any atom is 1.00 e. The Morgan fingerprint density at radius 3 is 1.73 bits per heavy atom. The first kappa shape index (κ1) is 16.7. The Labute approximate surface area is 74.5 Å². The molecule has 60 valence electrons. The predicted octanol–water partition coefficient (Wildman–Crippen LogP) is -1.72. The van der Waals surface area contributed by atoms with Crippen LogP contribution in [0.2, 0.25) is 0 Å². The Balaban J connectivity index is -0.0000000569. The molecule has 7 heteroatoms. The van der Waals surface area contributed by atoms with Crippen molar-refractivity contribution in [2.24, 2.45) is 0 Å². The van der Waals surface area contributed by atoms with E-state index in [0.29, 0.717) is 0 Å². The zero-order valence-corrected chi connectivity index (χ0v) is 5.94. The molecule has 0 atom stereocenters. The van der Waals surface area contributed by atoms with Gasteiger partial charge in [-0.05, 0) is 0 Å². The number of nitrogens with zero attached hydrogens (tertiary/aromatic N) is 1. The molecule has 0 aromatic rings. The van der Waals surface area contributed by atoms with Gasteiger partial charge in [-0.2, -0.15) is 18.4 Å². The fourth-order valence-corrected chi connectivity index (χ4v) is 0. The molecule has 0 aromatic heterocycles. The van der Waals surface area contributed by atoms with Crippen molar-refractivity contribution in [2.45, 2.75) is 13.1 Å². The van der Waals surface area contributed by atoms with Gasteiger partial charge in [0.1, 0.15) is 0 Å². The quantitative estimate of drug-likeness (QED) is 0.432. The smallest absolute Gasteiger partial charge is 1.00 e. The predicted molar refractivity (Wildman–Crippen MR) is 26.1 cm³/mol. The third-order valence-corrected chi connectivity index (χ3v) is 0.243. The Kier molecular flexibility index (Phi) is 11.3. The molecule has 0 aromatic carbocycles. The minimum Gasteiger partial charge on any atom is -1.00 e. The molecule has 0 spiro atoms. The summed E-state index contributed by atoms with van der Waals surface area (Å²) in [6.07, 6.45) is -5.08. The van der Waals surface area contributed by atoms with Crippen molar-refractivity contribution in [1.82, 2.24) is 0 Å². The van der Waals surface area contributed by atoms with Crippen molar-refractivity contribution in [3.63, 3.8) is 0 Å². The van der Waals surface area contributed by atoms with Crippen LogP contribution in [0.5, 0.6) is 0 Å². The largest absolute Gasteiger partial charge is 1.00 e. The zero-order chi connectivity index (χ0) is 8.78. The molecule has 0 radical (unpaired) electrons. The van der Waals surface area contributed by atoms with Crippen molar-refractivity contribution in [2.75, 3.05) is 0 Å². The molecule has 0 aliphatic carbocycles. The number of alkyl halides is 3. The summed E-state index contributed by atoms with van der Waals surface area (Å²) < 4.78 is 31.7. The molecule has 0 rings (SSSR count). The van der Waals surface area contributed by atoms with Crippen LogP contribution in [0, 0.1) is 11.3 Å². The Morgan fingerprint density at radius 1 is 1.64 bits per heavy atom. The van der Waals surface area contributed by atoms with Crippen molar-refractivity contribution in [1.29, 1.82) is 5.26 Å². The minimum atomic E-state index is -5.08. The van der Waals surface area contributed by atoms with Crippen LogP contribution in [0.15, 0.2) is 0 Å². The van der Waals surface area contributed by atoms with E-state index < -0.39 is 12.1 Å². The standard InChI is InChI=1S/C2HF3O2.C2H3N.Li.H/c3-2(4,5)1(6)7;1-2-3;;/h(H,6,7);1H3;;/q;;+1;-1. The van der Waals surface area contributed by atoms with E-state index in [1.54, 1.807) is 6.07 Å². The maximum atomic E-state index is 10.6. The number of carboxylic acid groups (broad SMARTS) is 1. The number of hydrogen-bond acceptors (Lipinski definition) is 2. The van der Waals surface area contributed by atoms with Gasteiger partial charge in [-0.3, -0.25) is 0 Å². The van der Waals surface area contributed by atoms with E-state index in [2.05, 4.69) is 0 Å². The van der Waals surface area contributed by atoms with Crippen LogP contribution < -0.4 is 18.9 Å². The number of halogens is 3. The summed E-state index contributed by atoms with van der Waals surface area (Å²) in [6.45, 7) is 1.43. The molecule has 11 heavy (non-hydrogen) atoms. The van der Waals surface area contributed by atoms with Crippen molar-refractivity contribution < 1.29 is 43.4 Å². The number of hydrogen-bond donors (Lipinski definition) is 1. The Bertz CT molecular complexity index is 155. The first-order valence-corrected chi connectivity index (χ1v) is 1.97. The molecule has 0 heterocycles. The molecule has 3 nitrogen and oxygen atoms in total. The van der Waals surface area contributed by atoms with Crippen LogP contribution in [0.3, 0.4) is 0 Å². The van der Waals surface area contributed by atoms with E-state index in [1.807, 2.05) is 0 Å². The van der Waals surface area contributed by atoms with Crippen LogP contribution in [0.25, 0.3) is 0 Å². The number of rotatable bonds is 0. The number of nitriles is 1. The fraction of sp³-hybridized carbons (Fsp3) is 0.500. The number of carboxylic acids is 1. The van der Waals surface area contributed by atoms with Crippen LogP contribution in [-0.4, -0.2) is 17.3 Å². The topological polar surface area (TPSA) is 61.1 Å². The minimum absolute atomic E-state index is 0. The van der Waals surface area contributed by atoms with Gasteiger partial charge in [0.05, 0.1) is 6.07 Å². The van der Waals surface area contributed by atoms with E-state index in [4.69, 9.17) is 15.2 Å². The molecule has 0 aliphatic heterocycles. The molecule has 0 aliphatic rings. The zero-order valence-electron chi connectivity index (χ0n) is 6.94. The van der Waals surface area contributed by atoms with Crippen molar-refractivity contribution >= 4 is 5.97 Å². The molecule has 0 unspecified atom stereocenters. The van der Waals surface area contributed by atoms with Crippen LogP contribution >= 0.6 is 0 Å². The number of aliphatic carboxylic acids is 1. The van der Waals surface area contributed by atoms with Crippen molar-refractivity contribution in [3.8, 4) is 6.07 Å². The van der Waals surface area contributed by atoms with Gasteiger partial charge in [0.2, 0.25) is 0 Å². The molecular weight excluding hydrogens is 158 g/mol. The summed E-state index contributed by atoms with van der Waals surface area (Å²) in [5.41, 5.74) is 0. The van der Waals surface area contributed by atoms with Crippen molar-refractivity contribution in [3.05, 3.63) is 0 Å². The second-order valence-corrected chi connectivity index (χ2v) is 1.03. The fourth-order valence-electron chi connectivity index (χ4n) is 0. The third-order valence-electron chi connectivity index (χ3n) is 0.243. The maximum absolute atomic E-state index is 10.6. The van der Waals surface area contributed by atoms with E-state index in [-0.39, 0.29) is 20.3 Å². The Morgan fingerprint density at radius 2 is 1.73 bits per heavy atom. The molecule has 0 saturated heterocycles. The van der Waals surface area contributed by atoms with Gasteiger partial charge in [-0.1, -0.05) is 0 Å². The van der Waals surface area contributed by atoms with Crippen LogP contribution in [0.4, 0.5) is 13.2 Å². The average Bonchev–Trinajstić information content (AvgIpc) is 1.64. The molecular formula is C4H5F3LiNO2. The number of carbonyl (C=O) groups is 1. The van der Waals surface area contributed by atoms with Crippen LogP contribution in [0.1, 0.15) is 8.35 Å². The molecule has 0 saturated carbocycles. The first-order valence-electron chi connectivity index (χ1n) is 1.97. The molecule has 0 fully saturated rings. The molecule has 0 amide bonds. The van der Waals surface area contributed by atoms with E-state index in [9.17, 15) is 13.2 Å². The van der Waals surface area contributed by atoms with Gasteiger partial charge in [0, 0.05) is 6.92 Å². The second-order valence-electron chi connectivity index (χ2n) is 1.03. The summed E-state index contributed by atoms with van der Waals surface area (Å²) in [4.78, 5) is 8.90. The normalized spacial score (nSPS) is 7.91. The van der Waals surface area contributed by atoms with Gasteiger partial charge in [0.15, 0.2) is 0 Å². The van der Waals surface area contributed by atoms with Gasteiger partial charge < -0.3 is 6.53 Å². The summed E-state index contributed by atoms with van der Waals surface area (Å²) in [6, 6.07) is 1.75. The SMILES string of the molecule is CC#N.O=C(O)C(F)(F)F.[H-].[Li+]. The molecule has 1 N–H and O–H groups in total. The van der Waals surface area contributed by atoms with E-state index >= 15 is 0 Å². The second kappa shape index (κ2) is 7.45. The van der Waals surface area contributed by atoms with E-state index in [0.717, 1.165) is 0 Å². The van der Waals surface area contributed by atoms with E-state index in [1.165, 1.54) is 6.92 Å². The first-order chi connectivity index (χ1) is 4.36. The summed E-state index contributed by atoms with van der Waals surface area (Å²) in [5.74, 6) is -2.76. The van der Waals surface area contributed by atoms with Crippen LogP contribution in [-0.2, 0) is 4.79 Å². The van der Waals surface area contributed by atoms with Gasteiger partial charge in [-0.25, -0.2) is 4.79 Å². The van der Waals surface area contributed by atoms with Gasteiger partial charge >= 0.3 is 31.0 Å². The summed E-state index contributed by atoms with van der Waals surface area (Å²) >= 11 is 0.